The molecule has 0 fully saturated rings. The predicted molar refractivity (Wildman–Crippen MR) is 235 cm³/mol. The number of rotatable bonds is 8. The van der Waals surface area contributed by atoms with Gasteiger partial charge < -0.3 is 9.80 Å². The zero-order valence-electron chi connectivity index (χ0n) is 30.2. The number of hydrogen-bond donors (Lipinski definition) is 0. The summed E-state index contributed by atoms with van der Waals surface area (Å²) in [4.78, 5) is 4.96. The predicted octanol–water partition coefficient (Wildman–Crippen LogP) is 14.4. The van der Waals surface area contributed by atoms with Gasteiger partial charge in [-0.1, -0.05) is 146 Å². The van der Waals surface area contributed by atoms with Crippen LogP contribution in [0.4, 0.5) is 34.1 Å². The molecule has 0 unspecified atom stereocenters. The van der Waals surface area contributed by atoms with Crippen LogP contribution in [0.15, 0.2) is 188 Å². The van der Waals surface area contributed by atoms with Crippen molar-refractivity contribution in [3.05, 3.63) is 188 Å². The van der Waals surface area contributed by atoms with Crippen molar-refractivity contribution in [1.82, 2.24) is 0 Å². The second-order valence-corrected chi connectivity index (χ2v) is 20.8. The van der Waals surface area contributed by atoms with Gasteiger partial charge in [-0.05, 0) is 83.1 Å². The number of thiophene rings is 1. The molecule has 0 radical (unpaired) electrons. The van der Waals surface area contributed by atoms with Crippen LogP contribution in [0, 0.1) is 0 Å². The third kappa shape index (κ3) is 6.20. The van der Waals surface area contributed by atoms with Crippen molar-refractivity contribution >= 4 is 89.7 Å². The van der Waals surface area contributed by atoms with Crippen LogP contribution < -0.4 is 15.0 Å². The summed E-state index contributed by atoms with van der Waals surface area (Å²) >= 11 is 1.87. The maximum atomic E-state index is 2.49. The molecule has 9 aromatic rings. The molecule has 0 N–H and O–H groups in total. The second kappa shape index (κ2) is 13.6. The highest BCUT2D eigenvalue weighted by molar-refractivity contribution is 7.25. The van der Waals surface area contributed by atoms with Crippen LogP contribution in [0.5, 0.6) is 0 Å². The molecule has 0 aliphatic carbocycles. The zero-order valence-corrected chi connectivity index (χ0v) is 32.0. The largest absolute Gasteiger partial charge is 0.310 e. The van der Waals surface area contributed by atoms with E-state index >= 15 is 0 Å². The monoisotopic (exact) mass is 716 g/mol. The summed E-state index contributed by atoms with van der Waals surface area (Å²) in [5, 5.41) is 6.46. The molecule has 9 rings (SSSR count). The molecular formula is C49H40N2SSi. The van der Waals surface area contributed by atoms with Gasteiger partial charge in [0.05, 0.1) is 19.4 Å². The molecule has 1 aromatic heterocycles. The van der Waals surface area contributed by atoms with Gasteiger partial charge >= 0.3 is 0 Å². The summed E-state index contributed by atoms with van der Waals surface area (Å²) in [5.74, 6) is 0. The Morgan fingerprint density at radius 1 is 0.396 bits per heavy atom. The zero-order chi connectivity index (χ0) is 35.9. The van der Waals surface area contributed by atoms with E-state index in [1.54, 1.807) is 0 Å². The molecular weight excluding hydrogens is 677 g/mol. The molecule has 8 aromatic carbocycles. The summed E-state index contributed by atoms with van der Waals surface area (Å²) in [6.07, 6.45) is 0. The Morgan fingerprint density at radius 3 is 1.55 bits per heavy atom. The summed E-state index contributed by atoms with van der Waals surface area (Å²) in [5.41, 5.74) is 9.20. The number of nitrogens with zero attached hydrogens (tertiary/aromatic N) is 2. The fourth-order valence-corrected chi connectivity index (χ4v) is 9.75. The number of fused-ring (bicyclic) bond motifs is 4. The molecule has 0 atom stereocenters. The van der Waals surface area contributed by atoms with Crippen LogP contribution in [0.25, 0.3) is 42.1 Å². The van der Waals surface area contributed by atoms with Crippen molar-refractivity contribution in [2.75, 3.05) is 9.80 Å². The maximum Gasteiger partial charge on any atom is 0.0777 e. The van der Waals surface area contributed by atoms with Gasteiger partial charge in [0.2, 0.25) is 0 Å². The molecule has 4 heteroatoms. The molecule has 1 heterocycles. The van der Waals surface area contributed by atoms with Crippen molar-refractivity contribution in [3.63, 3.8) is 0 Å². The van der Waals surface area contributed by atoms with E-state index in [-0.39, 0.29) is 0 Å². The van der Waals surface area contributed by atoms with E-state index in [0.717, 1.165) is 28.4 Å². The van der Waals surface area contributed by atoms with Gasteiger partial charge in [0.1, 0.15) is 0 Å². The summed E-state index contributed by atoms with van der Waals surface area (Å²) in [7, 11) is -1.88. The molecule has 0 bridgehead atoms. The van der Waals surface area contributed by atoms with Crippen molar-refractivity contribution in [1.29, 1.82) is 0 Å². The Bertz CT molecular complexity index is 2720. The van der Waals surface area contributed by atoms with E-state index in [2.05, 4.69) is 217 Å². The van der Waals surface area contributed by atoms with E-state index in [9.17, 15) is 0 Å². The van der Waals surface area contributed by atoms with Crippen LogP contribution in [-0.2, 0) is 0 Å². The van der Waals surface area contributed by atoms with Crippen LogP contribution >= 0.6 is 11.3 Å². The molecule has 0 amide bonds. The van der Waals surface area contributed by atoms with Crippen molar-refractivity contribution < 1.29 is 0 Å². The SMILES string of the molecule is C[Si](C)(C)c1cc(N(c2ccccc2)c2ccc3ccccc3c2)c(-c2ccccc2)c(N(c2ccccc2)c2ccc3c(c2)sc2ccccc23)c1. The number of anilines is 6. The second-order valence-electron chi connectivity index (χ2n) is 14.7. The van der Waals surface area contributed by atoms with Gasteiger partial charge in [-0.2, -0.15) is 0 Å². The average molecular weight is 717 g/mol. The molecule has 53 heavy (non-hydrogen) atoms. The van der Waals surface area contributed by atoms with Crippen LogP contribution in [0.1, 0.15) is 0 Å². The molecule has 0 aliphatic rings. The first-order valence-electron chi connectivity index (χ1n) is 18.3. The lowest BCUT2D eigenvalue weighted by atomic mass is 9.97. The minimum atomic E-state index is -1.88. The molecule has 0 saturated carbocycles. The minimum absolute atomic E-state index is 1.12. The lowest BCUT2D eigenvalue weighted by Crippen LogP contribution is -2.38. The average Bonchev–Trinajstić information content (AvgIpc) is 3.57. The van der Waals surface area contributed by atoms with Crippen LogP contribution in [0.3, 0.4) is 0 Å². The van der Waals surface area contributed by atoms with E-state index in [1.165, 1.54) is 52.9 Å². The first-order valence-corrected chi connectivity index (χ1v) is 22.6. The Labute approximate surface area is 316 Å². The topological polar surface area (TPSA) is 6.48 Å². The highest BCUT2D eigenvalue weighted by Gasteiger charge is 2.29. The van der Waals surface area contributed by atoms with Crippen LogP contribution in [0.2, 0.25) is 19.6 Å². The first-order chi connectivity index (χ1) is 25.9. The van der Waals surface area contributed by atoms with Crippen molar-refractivity contribution in [2.24, 2.45) is 0 Å². The molecule has 0 spiro atoms. The Kier molecular flexibility index (Phi) is 8.42. The quantitative estimate of drug-likeness (QED) is 0.144. The summed E-state index contributed by atoms with van der Waals surface area (Å²) in [6, 6.07) is 68.9. The Hall–Kier alpha value is -5.94. The van der Waals surface area contributed by atoms with Gasteiger partial charge in [0, 0.05) is 48.5 Å². The normalized spacial score (nSPS) is 11.7. The fourth-order valence-electron chi connectivity index (χ4n) is 7.48. The fraction of sp³-hybridized carbons (Fsp3) is 0.0612. The first kappa shape index (κ1) is 32.9. The third-order valence-corrected chi connectivity index (χ3v) is 13.3. The van der Waals surface area contributed by atoms with Gasteiger partial charge in [0.15, 0.2) is 0 Å². The van der Waals surface area contributed by atoms with E-state index in [1.807, 2.05) is 11.3 Å². The van der Waals surface area contributed by atoms with Gasteiger partial charge in [-0.25, -0.2) is 0 Å². The summed E-state index contributed by atoms with van der Waals surface area (Å²) in [6.45, 7) is 7.37. The number of para-hydroxylation sites is 2. The molecule has 0 saturated heterocycles. The van der Waals surface area contributed by atoms with Gasteiger partial charge in [-0.15, -0.1) is 11.3 Å². The van der Waals surface area contributed by atoms with Crippen molar-refractivity contribution in [3.8, 4) is 11.1 Å². The van der Waals surface area contributed by atoms with Gasteiger partial charge in [-0.3, -0.25) is 0 Å². The third-order valence-electron chi connectivity index (χ3n) is 10.1. The van der Waals surface area contributed by atoms with Crippen molar-refractivity contribution in [2.45, 2.75) is 19.6 Å². The number of benzene rings is 8. The summed E-state index contributed by atoms with van der Waals surface area (Å²) < 4.78 is 2.60. The number of hydrogen-bond acceptors (Lipinski definition) is 3. The van der Waals surface area contributed by atoms with E-state index in [4.69, 9.17) is 0 Å². The Morgan fingerprint density at radius 2 is 0.906 bits per heavy atom. The van der Waals surface area contributed by atoms with Crippen LogP contribution in [-0.4, -0.2) is 8.07 Å². The van der Waals surface area contributed by atoms with E-state index in [0.29, 0.717) is 0 Å². The lowest BCUT2D eigenvalue weighted by molar-refractivity contribution is 1.26. The minimum Gasteiger partial charge on any atom is -0.310 e. The highest BCUT2D eigenvalue weighted by Crippen LogP contribution is 2.49. The lowest BCUT2D eigenvalue weighted by Gasteiger charge is -2.35. The molecule has 0 aliphatic heterocycles. The molecule has 2 nitrogen and oxygen atoms in total. The molecule has 256 valence electrons. The maximum absolute atomic E-state index is 2.49. The standard InChI is InChI=1S/C49H40N2SSi/c1-53(2,3)42-33-45(50(38-21-9-5-10-22-38)40-28-27-35-17-13-14-20-37(35)31-40)49(36-18-7-4-8-19-36)46(34-42)51(39-23-11-6-12-24-39)41-29-30-44-43-25-15-16-26-47(43)52-48(44)32-41/h4-34H,1-3H3. The van der Waals surface area contributed by atoms with Gasteiger partial charge in [0.25, 0.3) is 0 Å². The highest BCUT2D eigenvalue weighted by atomic mass is 32.1. The smallest absolute Gasteiger partial charge is 0.0777 e. The van der Waals surface area contributed by atoms with E-state index < -0.39 is 8.07 Å². The Balaban J connectivity index is 1.39.